The Morgan fingerprint density at radius 2 is 1.69 bits per heavy atom. The van der Waals surface area contributed by atoms with Crippen LogP contribution >= 0.6 is 23.2 Å². The number of amides is 2. The number of hydrogen-bond donors (Lipinski definition) is 0. The second kappa shape index (κ2) is 7.59. The molecule has 2 aliphatic rings. The molecule has 3 rings (SSSR count). The van der Waals surface area contributed by atoms with E-state index in [0.717, 1.165) is 13.1 Å². The molecular formula is C19H23Cl2N3O2. The maximum atomic E-state index is 13.1. The number of carbonyl (C=O) groups excluding carboxylic acids is 2. The molecule has 0 N–H and O–H groups in total. The molecule has 1 fully saturated rings. The summed E-state index contributed by atoms with van der Waals surface area (Å²) in [6.07, 6.45) is 0. The van der Waals surface area contributed by atoms with Gasteiger partial charge in [0.25, 0.3) is 11.8 Å². The van der Waals surface area contributed by atoms with E-state index < -0.39 is 0 Å². The van der Waals surface area contributed by atoms with Crippen LogP contribution in [0, 0.1) is 5.92 Å². The fourth-order valence-corrected chi connectivity index (χ4v) is 3.86. The molecule has 0 bridgehead atoms. The van der Waals surface area contributed by atoms with Gasteiger partial charge >= 0.3 is 0 Å². The average Bonchev–Trinajstić information content (AvgIpc) is 2.80. The normalized spacial score (nSPS) is 19.3. The van der Waals surface area contributed by atoms with E-state index in [-0.39, 0.29) is 17.7 Å². The minimum atomic E-state index is -0.276. The SMILES string of the molecule is CC(C)CN1C(=O)C(c2ccc(Cl)cc2Cl)=C(N2CCN(C)CC2)C1=O. The Hall–Kier alpha value is -1.56. The van der Waals surface area contributed by atoms with Gasteiger partial charge in [-0.05, 0) is 25.1 Å². The van der Waals surface area contributed by atoms with E-state index in [1.807, 2.05) is 18.7 Å². The van der Waals surface area contributed by atoms with Crippen LogP contribution in [0.25, 0.3) is 5.57 Å². The van der Waals surface area contributed by atoms with Crippen molar-refractivity contribution in [1.29, 1.82) is 0 Å². The Labute approximate surface area is 164 Å². The molecule has 1 aromatic carbocycles. The van der Waals surface area contributed by atoms with Gasteiger partial charge in [0.2, 0.25) is 0 Å². The van der Waals surface area contributed by atoms with Crippen molar-refractivity contribution in [2.75, 3.05) is 39.8 Å². The maximum Gasteiger partial charge on any atom is 0.277 e. The van der Waals surface area contributed by atoms with Gasteiger partial charge in [0, 0.05) is 43.3 Å². The first kappa shape index (κ1) is 19.2. The molecule has 2 heterocycles. The number of nitrogens with zero attached hydrogens (tertiary/aromatic N) is 3. The molecule has 0 atom stereocenters. The van der Waals surface area contributed by atoms with E-state index in [4.69, 9.17) is 23.2 Å². The smallest absolute Gasteiger partial charge is 0.277 e. The number of rotatable bonds is 4. The molecular weight excluding hydrogens is 373 g/mol. The van der Waals surface area contributed by atoms with Crippen molar-refractivity contribution < 1.29 is 9.59 Å². The Bertz CT molecular complexity index is 768. The molecule has 0 unspecified atom stereocenters. The minimum Gasteiger partial charge on any atom is -0.364 e. The molecule has 140 valence electrons. The lowest BCUT2D eigenvalue weighted by molar-refractivity contribution is -0.138. The van der Waals surface area contributed by atoms with Crippen molar-refractivity contribution in [3.05, 3.63) is 39.5 Å². The van der Waals surface area contributed by atoms with E-state index in [0.29, 0.717) is 46.5 Å². The summed E-state index contributed by atoms with van der Waals surface area (Å²) in [6.45, 7) is 7.47. The summed E-state index contributed by atoms with van der Waals surface area (Å²) >= 11 is 12.4. The van der Waals surface area contributed by atoms with Crippen molar-refractivity contribution >= 4 is 40.6 Å². The van der Waals surface area contributed by atoms with Gasteiger partial charge in [-0.15, -0.1) is 0 Å². The van der Waals surface area contributed by atoms with E-state index in [1.165, 1.54) is 4.90 Å². The van der Waals surface area contributed by atoms with Gasteiger partial charge in [-0.25, -0.2) is 0 Å². The zero-order chi connectivity index (χ0) is 19.0. The van der Waals surface area contributed by atoms with Crippen LogP contribution in [0.3, 0.4) is 0 Å². The minimum absolute atomic E-state index is 0.191. The highest BCUT2D eigenvalue weighted by atomic mass is 35.5. The Morgan fingerprint density at radius 3 is 2.27 bits per heavy atom. The van der Waals surface area contributed by atoms with Gasteiger partial charge in [-0.3, -0.25) is 14.5 Å². The summed E-state index contributed by atoms with van der Waals surface area (Å²) in [6, 6.07) is 5.02. The van der Waals surface area contributed by atoms with Crippen molar-refractivity contribution in [3.8, 4) is 0 Å². The second-order valence-corrected chi connectivity index (χ2v) is 8.10. The molecule has 7 heteroatoms. The maximum absolute atomic E-state index is 13.1. The fraction of sp³-hybridized carbons (Fsp3) is 0.474. The second-order valence-electron chi connectivity index (χ2n) is 7.25. The van der Waals surface area contributed by atoms with Crippen molar-refractivity contribution in [1.82, 2.24) is 14.7 Å². The average molecular weight is 396 g/mol. The molecule has 0 aromatic heterocycles. The number of imide groups is 1. The molecule has 26 heavy (non-hydrogen) atoms. The quantitative estimate of drug-likeness (QED) is 0.735. The lowest BCUT2D eigenvalue weighted by atomic mass is 10.0. The van der Waals surface area contributed by atoms with E-state index in [2.05, 4.69) is 11.9 Å². The van der Waals surface area contributed by atoms with Crippen LogP contribution in [0.4, 0.5) is 0 Å². The number of hydrogen-bond acceptors (Lipinski definition) is 4. The molecule has 0 spiro atoms. The number of halogens is 2. The number of carbonyl (C=O) groups is 2. The molecule has 0 radical (unpaired) electrons. The van der Waals surface area contributed by atoms with Crippen molar-refractivity contribution in [2.24, 2.45) is 5.92 Å². The summed E-state index contributed by atoms with van der Waals surface area (Å²) in [5.74, 6) is -0.312. The van der Waals surface area contributed by atoms with Gasteiger partial charge in [-0.1, -0.05) is 43.1 Å². The largest absolute Gasteiger partial charge is 0.364 e. The Balaban J connectivity index is 2.08. The molecule has 5 nitrogen and oxygen atoms in total. The number of piperazine rings is 1. The van der Waals surface area contributed by atoms with Gasteiger partial charge in [0.1, 0.15) is 5.70 Å². The fourth-order valence-electron chi connectivity index (χ4n) is 3.35. The third kappa shape index (κ3) is 3.61. The molecule has 2 amide bonds. The molecule has 0 aliphatic carbocycles. The van der Waals surface area contributed by atoms with Crippen LogP contribution < -0.4 is 0 Å². The van der Waals surface area contributed by atoms with Gasteiger partial charge in [0.05, 0.1) is 10.6 Å². The monoisotopic (exact) mass is 395 g/mol. The zero-order valence-corrected chi connectivity index (χ0v) is 16.8. The van der Waals surface area contributed by atoms with Gasteiger partial charge < -0.3 is 9.80 Å². The predicted octanol–water partition coefficient (Wildman–Crippen LogP) is 2.98. The van der Waals surface area contributed by atoms with Crippen LogP contribution in [0.1, 0.15) is 19.4 Å². The van der Waals surface area contributed by atoms with Crippen molar-refractivity contribution in [3.63, 3.8) is 0 Å². The molecule has 2 aliphatic heterocycles. The molecule has 0 saturated carbocycles. The molecule has 1 saturated heterocycles. The third-order valence-electron chi connectivity index (χ3n) is 4.71. The van der Waals surface area contributed by atoms with E-state index >= 15 is 0 Å². The van der Waals surface area contributed by atoms with Crippen LogP contribution in [-0.2, 0) is 9.59 Å². The van der Waals surface area contributed by atoms with E-state index in [9.17, 15) is 9.59 Å². The highest BCUT2D eigenvalue weighted by molar-refractivity contribution is 6.41. The summed E-state index contributed by atoms with van der Waals surface area (Å²) in [4.78, 5) is 31.8. The lowest BCUT2D eigenvalue weighted by Crippen LogP contribution is -2.46. The Kier molecular flexibility index (Phi) is 5.61. The summed E-state index contributed by atoms with van der Waals surface area (Å²) in [5.41, 5.74) is 1.42. The van der Waals surface area contributed by atoms with Crippen LogP contribution in [-0.4, -0.2) is 66.3 Å². The molecule has 1 aromatic rings. The first-order valence-corrected chi connectivity index (χ1v) is 9.54. The number of likely N-dealkylation sites (N-methyl/N-ethyl adjacent to an activating group) is 1. The predicted molar refractivity (Wildman–Crippen MR) is 104 cm³/mol. The van der Waals surface area contributed by atoms with Gasteiger partial charge in [-0.2, -0.15) is 0 Å². The van der Waals surface area contributed by atoms with Crippen LogP contribution in [0.2, 0.25) is 10.0 Å². The lowest BCUT2D eigenvalue weighted by Gasteiger charge is -2.34. The first-order valence-electron chi connectivity index (χ1n) is 8.79. The summed E-state index contributed by atoms with van der Waals surface area (Å²) in [7, 11) is 2.05. The summed E-state index contributed by atoms with van der Waals surface area (Å²) < 4.78 is 0. The summed E-state index contributed by atoms with van der Waals surface area (Å²) in [5, 5.41) is 0.878. The standard InChI is InChI=1S/C19H23Cl2N3O2/c1-12(2)11-24-18(25)16(14-5-4-13(20)10-15(14)21)17(19(24)26)23-8-6-22(3)7-9-23/h4-5,10,12H,6-9,11H2,1-3H3. The van der Waals surface area contributed by atoms with Crippen LogP contribution in [0.5, 0.6) is 0 Å². The zero-order valence-electron chi connectivity index (χ0n) is 15.3. The highest BCUT2D eigenvalue weighted by Gasteiger charge is 2.42. The number of benzene rings is 1. The third-order valence-corrected chi connectivity index (χ3v) is 5.26. The van der Waals surface area contributed by atoms with E-state index in [1.54, 1.807) is 18.2 Å². The topological polar surface area (TPSA) is 43.9 Å². The highest BCUT2D eigenvalue weighted by Crippen LogP contribution is 2.36. The van der Waals surface area contributed by atoms with Gasteiger partial charge in [0.15, 0.2) is 0 Å². The Morgan fingerprint density at radius 1 is 1.04 bits per heavy atom. The first-order chi connectivity index (χ1) is 12.3. The van der Waals surface area contributed by atoms with Crippen molar-refractivity contribution in [2.45, 2.75) is 13.8 Å². The van der Waals surface area contributed by atoms with Crippen LogP contribution in [0.15, 0.2) is 23.9 Å².